The highest BCUT2D eigenvalue weighted by atomic mass is 79.9. The predicted octanol–water partition coefficient (Wildman–Crippen LogP) is 4.55. The van der Waals surface area contributed by atoms with Crippen LogP contribution in [0.1, 0.15) is 36.5 Å². The maximum atomic E-state index is 11.6. The minimum atomic E-state index is -3.96. The highest BCUT2D eigenvalue weighted by molar-refractivity contribution is 9.10. The van der Waals surface area contributed by atoms with Crippen molar-refractivity contribution in [3.8, 4) is 0 Å². The first-order chi connectivity index (χ1) is 9.31. The fraction of sp³-hybridized carbons (Fsp3) is 0.500. The molecule has 0 heterocycles. The Morgan fingerprint density at radius 2 is 1.80 bits per heavy atom. The zero-order valence-corrected chi connectivity index (χ0v) is 12.7. The Morgan fingerprint density at radius 3 is 2.20 bits per heavy atom. The van der Waals surface area contributed by atoms with Crippen LogP contribution >= 0.6 is 15.9 Å². The van der Waals surface area contributed by atoms with Crippen molar-refractivity contribution < 1.29 is 18.0 Å². The summed E-state index contributed by atoms with van der Waals surface area (Å²) in [6.07, 6.45) is -2.16. The Morgan fingerprint density at radius 1 is 1.30 bits per heavy atom. The lowest BCUT2D eigenvalue weighted by Crippen LogP contribution is -2.25. The molecule has 1 amide bonds. The van der Waals surface area contributed by atoms with Crippen molar-refractivity contribution in [3.05, 3.63) is 34.3 Å². The molecule has 2 nitrogen and oxygen atoms in total. The second-order valence-corrected chi connectivity index (χ2v) is 5.54. The van der Waals surface area contributed by atoms with E-state index in [4.69, 9.17) is 0 Å². The standard InChI is InChI=1S/C11H12BrNO.C3H5F3/c12-10-5-3-9(4-6-10)11(14)13-7-8-1-2-8;1-2-3(4,5)6/h3-6,8H,1-2,7H2,(H,13,14);2H2,1H3. The summed E-state index contributed by atoms with van der Waals surface area (Å²) >= 11 is 3.34. The summed E-state index contributed by atoms with van der Waals surface area (Å²) < 4.78 is 33.4. The minimum absolute atomic E-state index is 0.0319. The van der Waals surface area contributed by atoms with Crippen LogP contribution < -0.4 is 5.32 Å². The van der Waals surface area contributed by atoms with Gasteiger partial charge < -0.3 is 5.32 Å². The number of halogens is 4. The molecule has 0 saturated heterocycles. The molecule has 112 valence electrons. The molecule has 0 aromatic heterocycles. The maximum Gasteiger partial charge on any atom is 0.388 e. The van der Waals surface area contributed by atoms with Gasteiger partial charge in [0.15, 0.2) is 0 Å². The molecule has 0 aliphatic heterocycles. The molecule has 0 unspecified atom stereocenters. The van der Waals surface area contributed by atoms with Crippen LogP contribution in [0.25, 0.3) is 0 Å². The zero-order valence-electron chi connectivity index (χ0n) is 11.1. The highest BCUT2D eigenvalue weighted by Crippen LogP contribution is 2.27. The first kappa shape index (κ1) is 17.0. The van der Waals surface area contributed by atoms with Crippen LogP contribution in [0.4, 0.5) is 13.2 Å². The quantitative estimate of drug-likeness (QED) is 0.850. The molecule has 0 radical (unpaired) electrons. The summed E-state index contributed by atoms with van der Waals surface area (Å²) in [7, 11) is 0. The van der Waals surface area contributed by atoms with E-state index in [1.165, 1.54) is 12.8 Å². The summed E-state index contributed by atoms with van der Waals surface area (Å²) in [5.41, 5.74) is 0.730. The molecular weight excluding hydrogens is 335 g/mol. The third kappa shape index (κ3) is 7.53. The molecular formula is C14H17BrF3NO. The average molecular weight is 352 g/mol. The van der Waals surface area contributed by atoms with Gasteiger partial charge in [-0.05, 0) is 43.0 Å². The minimum Gasteiger partial charge on any atom is -0.352 e. The Hall–Kier alpha value is -1.04. The van der Waals surface area contributed by atoms with E-state index >= 15 is 0 Å². The first-order valence-electron chi connectivity index (χ1n) is 6.42. The number of alkyl halides is 3. The third-order valence-corrected chi connectivity index (χ3v) is 3.28. The van der Waals surface area contributed by atoms with Gasteiger partial charge in [0, 0.05) is 23.0 Å². The molecule has 6 heteroatoms. The predicted molar refractivity (Wildman–Crippen MR) is 75.5 cm³/mol. The van der Waals surface area contributed by atoms with Gasteiger partial charge in [-0.2, -0.15) is 13.2 Å². The molecule has 1 aliphatic rings. The fourth-order valence-corrected chi connectivity index (χ4v) is 1.53. The van der Waals surface area contributed by atoms with E-state index in [-0.39, 0.29) is 5.91 Å². The molecule has 0 spiro atoms. The number of hydrogen-bond donors (Lipinski definition) is 1. The molecule has 2 rings (SSSR count). The molecule has 1 aliphatic carbocycles. The van der Waals surface area contributed by atoms with E-state index in [1.54, 1.807) is 0 Å². The van der Waals surface area contributed by atoms with Crippen LogP contribution in [0.3, 0.4) is 0 Å². The fourth-order valence-electron chi connectivity index (χ4n) is 1.26. The van der Waals surface area contributed by atoms with Gasteiger partial charge in [0.05, 0.1) is 0 Å². The van der Waals surface area contributed by atoms with Crippen molar-refractivity contribution in [1.82, 2.24) is 5.32 Å². The number of amides is 1. The van der Waals surface area contributed by atoms with Crippen LogP contribution in [0.15, 0.2) is 28.7 Å². The van der Waals surface area contributed by atoms with Gasteiger partial charge in [0.2, 0.25) is 0 Å². The number of carbonyl (C=O) groups is 1. The molecule has 0 bridgehead atoms. The largest absolute Gasteiger partial charge is 0.388 e. The van der Waals surface area contributed by atoms with E-state index in [0.717, 1.165) is 29.4 Å². The van der Waals surface area contributed by atoms with Crippen LogP contribution in [0.2, 0.25) is 0 Å². The molecule has 0 atom stereocenters. The Kier molecular flexibility index (Phi) is 6.52. The van der Waals surface area contributed by atoms with Crippen molar-refractivity contribution in [2.75, 3.05) is 6.54 Å². The molecule has 1 fully saturated rings. The van der Waals surface area contributed by atoms with E-state index in [9.17, 15) is 18.0 Å². The lowest BCUT2D eigenvalue weighted by atomic mass is 10.2. The topological polar surface area (TPSA) is 29.1 Å². The lowest BCUT2D eigenvalue weighted by molar-refractivity contribution is -0.130. The van der Waals surface area contributed by atoms with Gasteiger partial charge in [0.25, 0.3) is 5.91 Å². The summed E-state index contributed by atoms with van der Waals surface area (Å²) in [4.78, 5) is 11.6. The number of carbonyl (C=O) groups excluding carboxylic acids is 1. The third-order valence-electron chi connectivity index (χ3n) is 2.76. The summed E-state index contributed by atoms with van der Waals surface area (Å²) in [5.74, 6) is 0.763. The van der Waals surface area contributed by atoms with Gasteiger partial charge in [-0.3, -0.25) is 4.79 Å². The summed E-state index contributed by atoms with van der Waals surface area (Å²) in [6.45, 7) is 1.91. The number of rotatable bonds is 3. The SMILES string of the molecule is CCC(F)(F)F.O=C(NCC1CC1)c1ccc(Br)cc1. The van der Waals surface area contributed by atoms with Gasteiger partial charge in [-0.1, -0.05) is 22.9 Å². The average Bonchev–Trinajstić information content (AvgIpc) is 3.21. The maximum absolute atomic E-state index is 11.6. The molecule has 1 aromatic carbocycles. The summed E-state index contributed by atoms with van der Waals surface area (Å²) in [6, 6.07) is 7.41. The van der Waals surface area contributed by atoms with Gasteiger partial charge in [-0.15, -0.1) is 0 Å². The normalized spacial score (nSPS) is 14.2. The lowest BCUT2D eigenvalue weighted by Gasteiger charge is -2.03. The zero-order chi connectivity index (χ0) is 15.2. The summed E-state index contributed by atoms with van der Waals surface area (Å²) in [5, 5.41) is 2.93. The van der Waals surface area contributed by atoms with Crippen molar-refractivity contribution in [2.24, 2.45) is 5.92 Å². The van der Waals surface area contributed by atoms with Crippen LogP contribution in [0, 0.1) is 5.92 Å². The van der Waals surface area contributed by atoms with Crippen LogP contribution in [-0.4, -0.2) is 18.6 Å². The second-order valence-electron chi connectivity index (χ2n) is 4.63. The van der Waals surface area contributed by atoms with E-state index in [1.807, 2.05) is 24.3 Å². The molecule has 1 aromatic rings. The van der Waals surface area contributed by atoms with Crippen molar-refractivity contribution in [3.63, 3.8) is 0 Å². The molecule has 1 saturated carbocycles. The van der Waals surface area contributed by atoms with Crippen LogP contribution in [-0.2, 0) is 0 Å². The molecule has 20 heavy (non-hydrogen) atoms. The van der Waals surface area contributed by atoms with Crippen molar-refractivity contribution in [2.45, 2.75) is 32.4 Å². The Bertz CT molecular complexity index is 427. The van der Waals surface area contributed by atoms with E-state index in [0.29, 0.717) is 0 Å². The van der Waals surface area contributed by atoms with E-state index in [2.05, 4.69) is 21.2 Å². The number of hydrogen-bond acceptors (Lipinski definition) is 1. The second kappa shape index (κ2) is 7.67. The Balaban J connectivity index is 0.000000286. The van der Waals surface area contributed by atoms with E-state index < -0.39 is 12.6 Å². The van der Waals surface area contributed by atoms with Crippen LogP contribution in [0.5, 0.6) is 0 Å². The number of benzene rings is 1. The first-order valence-corrected chi connectivity index (χ1v) is 7.21. The Labute approximate surface area is 124 Å². The smallest absolute Gasteiger partial charge is 0.352 e. The van der Waals surface area contributed by atoms with Gasteiger partial charge in [-0.25, -0.2) is 0 Å². The van der Waals surface area contributed by atoms with Crippen molar-refractivity contribution in [1.29, 1.82) is 0 Å². The van der Waals surface area contributed by atoms with Crippen molar-refractivity contribution >= 4 is 21.8 Å². The molecule has 1 N–H and O–H groups in total. The van der Waals surface area contributed by atoms with Gasteiger partial charge in [0.1, 0.15) is 0 Å². The highest BCUT2D eigenvalue weighted by Gasteiger charge is 2.22. The monoisotopic (exact) mass is 351 g/mol. The number of nitrogens with one attached hydrogen (secondary N) is 1. The van der Waals surface area contributed by atoms with Gasteiger partial charge >= 0.3 is 6.18 Å².